The topological polar surface area (TPSA) is 85.3 Å². The van der Waals surface area contributed by atoms with Crippen LogP contribution in [0.15, 0.2) is 35.6 Å². The SMILES string of the molecule is CC(C)c1ncc2c(n1)C1(CCN(S(=O)(=O)c3cccnc3)CC1)OCC2. The highest BCUT2D eigenvalue weighted by atomic mass is 32.2. The van der Waals surface area contributed by atoms with Crippen molar-refractivity contribution in [1.29, 1.82) is 0 Å². The molecule has 2 aliphatic rings. The molecule has 0 bridgehead atoms. The fourth-order valence-electron chi connectivity index (χ4n) is 3.82. The van der Waals surface area contributed by atoms with Gasteiger partial charge in [-0.1, -0.05) is 13.8 Å². The Morgan fingerprint density at radius 2 is 2.00 bits per heavy atom. The molecule has 0 saturated carbocycles. The number of nitrogens with zero attached hydrogens (tertiary/aromatic N) is 4. The first-order valence-corrected chi connectivity index (χ1v) is 10.8. The molecular weight excluding hydrogens is 364 g/mol. The summed E-state index contributed by atoms with van der Waals surface area (Å²) in [7, 11) is -3.53. The molecule has 4 rings (SSSR count). The number of hydrogen-bond acceptors (Lipinski definition) is 6. The summed E-state index contributed by atoms with van der Waals surface area (Å²) in [6.07, 6.45) is 6.87. The van der Waals surface area contributed by atoms with Crippen LogP contribution in [0.25, 0.3) is 0 Å². The summed E-state index contributed by atoms with van der Waals surface area (Å²) in [6, 6.07) is 3.23. The highest BCUT2D eigenvalue weighted by Gasteiger charge is 2.44. The maximum Gasteiger partial charge on any atom is 0.244 e. The summed E-state index contributed by atoms with van der Waals surface area (Å²) in [6.45, 7) is 5.56. The molecule has 2 aliphatic heterocycles. The van der Waals surface area contributed by atoms with Gasteiger partial charge < -0.3 is 4.74 Å². The van der Waals surface area contributed by atoms with E-state index in [0.717, 1.165) is 23.5 Å². The number of sulfonamides is 1. The average Bonchev–Trinajstić information content (AvgIpc) is 2.69. The summed E-state index contributed by atoms with van der Waals surface area (Å²) in [5.41, 5.74) is 1.56. The Labute approximate surface area is 159 Å². The minimum Gasteiger partial charge on any atom is -0.368 e. The van der Waals surface area contributed by atoms with Crippen LogP contribution in [-0.2, 0) is 26.8 Å². The van der Waals surface area contributed by atoms with Gasteiger partial charge in [0.25, 0.3) is 0 Å². The van der Waals surface area contributed by atoms with Gasteiger partial charge >= 0.3 is 0 Å². The van der Waals surface area contributed by atoms with Gasteiger partial charge in [-0.2, -0.15) is 4.31 Å². The summed E-state index contributed by atoms with van der Waals surface area (Å²) in [5.74, 6) is 1.05. The quantitative estimate of drug-likeness (QED) is 0.802. The van der Waals surface area contributed by atoms with Crippen LogP contribution >= 0.6 is 0 Å². The summed E-state index contributed by atoms with van der Waals surface area (Å²) in [5, 5.41) is 0. The van der Waals surface area contributed by atoms with E-state index in [1.165, 1.54) is 10.5 Å². The van der Waals surface area contributed by atoms with Gasteiger partial charge in [-0.15, -0.1) is 0 Å². The highest BCUT2D eigenvalue weighted by Crippen LogP contribution is 2.41. The Hall–Kier alpha value is -1.90. The third kappa shape index (κ3) is 3.26. The molecule has 0 amide bonds. The third-order valence-electron chi connectivity index (χ3n) is 5.38. The van der Waals surface area contributed by atoms with Crippen LogP contribution in [0.2, 0.25) is 0 Å². The number of pyridine rings is 1. The molecule has 1 spiro atoms. The molecule has 144 valence electrons. The molecular formula is C19H24N4O3S. The van der Waals surface area contributed by atoms with Gasteiger partial charge in [0.05, 0.1) is 12.3 Å². The van der Waals surface area contributed by atoms with Gasteiger partial charge in [0.15, 0.2) is 0 Å². The number of rotatable bonds is 3. The third-order valence-corrected chi connectivity index (χ3v) is 7.27. The van der Waals surface area contributed by atoms with Gasteiger partial charge in [0.1, 0.15) is 16.3 Å². The molecule has 8 heteroatoms. The molecule has 4 heterocycles. The van der Waals surface area contributed by atoms with Crippen molar-refractivity contribution in [1.82, 2.24) is 19.3 Å². The van der Waals surface area contributed by atoms with Crippen LogP contribution in [0, 0.1) is 0 Å². The van der Waals surface area contributed by atoms with E-state index in [1.807, 2.05) is 6.20 Å². The number of piperidine rings is 1. The number of hydrogen-bond donors (Lipinski definition) is 0. The molecule has 1 saturated heterocycles. The van der Waals surface area contributed by atoms with Gasteiger partial charge in [-0.25, -0.2) is 18.4 Å². The Balaban J connectivity index is 1.60. The van der Waals surface area contributed by atoms with Crippen LogP contribution in [0.3, 0.4) is 0 Å². The largest absolute Gasteiger partial charge is 0.368 e. The highest BCUT2D eigenvalue weighted by molar-refractivity contribution is 7.89. The summed E-state index contributed by atoms with van der Waals surface area (Å²) < 4.78 is 33.5. The molecule has 7 nitrogen and oxygen atoms in total. The van der Waals surface area contributed by atoms with Crippen molar-refractivity contribution in [2.24, 2.45) is 0 Å². The lowest BCUT2D eigenvalue weighted by molar-refractivity contribution is -0.0927. The van der Waals surface area contributed by atoms with Crippen molar-refractivity contribution in [3.8, 4) is 0 Å². The summed E-state index contributed by atoms with van der Waals surface area (Å²) in [4.78, 5) is 13.5. The van der Waals surface area contributed by atoms with Crippen LogP contribution in [0.4, 0.5) is 0 Å². The molecule has 0 N–H and O–H groups in total. The molecule has 0 aliphatic carbocycles. The minimum atomic E-state index is -3.53. The van der Waals surface area contributed by atoms with E-state index >= 15 is 0 Å². The maximum absolute atomic E-state index is 12.9. The molecule has 2 aromatic heterocycles. The Bertz CT molecular complexity index is 923. The van der Waals surface area contributed by atoms with Crippen molar-refractivity contribution < 1.29 is 13.2 Å². The van der Waals surface area contributed by atoms with E-state index < -0.39 is 15.6 Å². The number of ether oxygens (including phenoxy) is 1. The zero-order chi connectivity index (χ0) is 19.1. The second-order valence-corrected chi connectivity index (χ2v) is 9.38. The summed E-state index contributed by atoms with van der Waals surface area (Å²) >= 11 is 0. The molecule has 0 atom stereocenters. The first kappa shape index (κ1) is 18.5. The van der Waals surface area contributed by atoms with Gasteiger partial charge in [0.2, 0.25) is 10.0 Å². The second-order valence-electron chi connectivity index (χ2n) is 7.44. The Kier molecular flexibility index (Phi) is 4.73. The predicted octanol–water partition coefficient (Wildman–Crippen LogP) is 2.25. The lowest BCUT2D eigenvalue weighted by Gasteiger charge is -2.43. The van der Waals surface area contributed by atoms with Crippen LogP contribution in [0.1, 0.15) is 49.7 Å². The Morgan fingerprint density at radius 1 is 1.22 bits per heavy atom. The number of fused-ring (bicyclic) bond motifs is 2. The van der Waals surface area contributed by atoms with Gasteiger partial charge in [-0.3, -0.25) is 4.98 Å². The Morgan fingerprint density at radius 3 is 2.67 bits per heavy atom. The minimum absolute atomic E-state index is 0.232. The zero-order valence-electron chi connectivity index (χ0n) is 15.6. The zero-order valence-corrected chi connectivity index (χ0v) is 16.4. The smallest absolute Gasteiger partial charge is 0.244 e. The van der Waals surface area contributed by atoms with E-state index in [-0.39, 0.29) is 10.8 Å². The molecule has 27 heavy (non-hydrogen) atoms. The lowest BCUT2D eigenvalue weighted by Crippen LogP contribution is -2.49. The average molecular weight is 388 g/mol. The predicted molar refractivity (Wildman–Crippen MR) is 99.7 cm³/mol. The first-order chi connectivity index (χ1) is 12.9. The van der Waals surface area contributed by atoms with E-state index in [1.54, 1.807) is 18.3 Å². The van der Waals surface area contributed by atoms with Crippen molar-refractivity contribution >= 4 is 10.0 Å². The van der Waals surface area contributed by atoms with Gasteiger partial charge in [0, 0.05) is 37.6 Å². The maximum atomic E-state index is 12.9. The fourth-order valence-corrected chi connectivity index (χ4v) is 5.22. The van der Waals surface area contributed by atoms with Gasteiger partial charge in [-0.05, 0) is 37.0 Å². The lowest BCUT2D eigenvalue weighted by atomic mass is 9.83. The van der Waals surface area contributed by atoms with E-state index in [4.69, 9.17) is 9.72 Å². The van der Waals surface area contributed by atoms with Crippen molar-refractivity contribution in [3.05, 3.63) is 47.8 Å². The van der Waals surface area contributed by atoms with Crippen LogP contribution in [-0.4, -0.2) is 47.4 Å². The monoisotopic (exact) mass is 388 g/mol. The second kappa shape index (κ2) is 6.92. The standard InChI is InChI=1S/C19H24N4O3S/c1-14(2)18-21-12-15-5-11-26-19(17(15)22-18)6-9-23(10-7-19)27(24,25)16-4-3-8-20-13-16/h3-4,8,12-14H,5-7,9-11H2,1-2H3. The van der Waals surface area contributed by atoms with Crippen molar-refractivity contribution in [3.63, 3.8) is 0 Å². The van der Waals surface area contributed by atoms with Crippen LogP contribution < -0.4 is 0 Å². The molecule has 1 fully saturated rings. The van der Waals surface area contributed by atoms with Crippen molar-refractivity contribution in [2.45, 2.75) is 49.5 Å². The van der Waals surface area contributed by atoms with E-state index in [0.29, 0.717) is 32.5 Å². The first-order valence-electron chi connectivity index (χ1n) is 9.33. The fraction of sp³-hybridized carbons (Fsp3) is 0.526. The molecule has 0 aromatic carbocycles. The molecule has 2 aromatic rings. The van der Waals surface area contributed by atoms with Crippen molar-refractivity contribution in [2.75, 3.05) is 19.7 Å². The number of aromatic nitrogens is 3. The molecule has 0 unspecified atom stereocenters. The van der Waals surface area contributed by atoms with Crippen LogP contribution in [0.5, 0.6) is 0 Å². The van der Waals surface area contributed by atoms with E-state index in [9.17, 15) is 8.42 Å². The normalized spacial score (nSPS) is 20.0. The molecule has 0 radical (unpaired) electrons. The van der Waals surface area contributed by atoms with E-state index in [2.05, 4.69) is 23.8 Å².